The Morgan fingerprint density at radius 3 is 2.94 bits per heavy atom. The van der Waals surface area contributed by atoms with Gasteiger partial charge in [0, 0.05) is 18.7 Å². The molecule has 1 N–H and O–H groups in total. The Morgan fingerprint density at radius 1 is 1.59 bits per heavy atom. The molecule has 1 aliphatic rings. The van der Waals surface area contributed by atoms with Crippen LogP contribution in [-0.2, 0) is 9.84 Å². The summed E-state index contributed by atoms with van der Waals surface area (Å²) in [5.74, 6) is 1.82. The van der Waals surface area contributed by atoms with Crippen LogP contribution in [0.1, 0.15) is 25.1 Å². The molecule has 1 aliphatic heterocycles. The normalized spacial score (nSPS) is 22.6. The third-order valence-corrected chi connectivity index (χ3v) is 5.26. The van der Waals surface area contributed by atoms with Crippen molar-refractivity contribution in [3.63, 3.8) is 0 Å². The van der Waals surface area contributed by atoms with E-state index in [1.807, 2.05) is 6.92 Å². The van der Waals surface area contributed by atoms with Crippen molar-refractivity contribution in [3.8, 4) is 0 Å². The van der Waals surface area contributed by atoms with Crippen molar-refractivity contribution in [2.45, 2.75) is 19.3 Å². The summed E-state index contributed by atoms with van der Waals surface area (Å²) in [6.07, 6.45) is 2.38. The second kappa shape index (κ2) is 5.05. The van der Waals surface area contributed by atoms with Gasteiger partial charge in [0.1, 0.15) is 11.6 Å². The number of anilines is 1. The first-order valence-corrected chi connectivity index (χ1v) is 8.38. The quantitative estimate of drug-likeness (QED) is 0.819. The number of sulfone groups is 1. The van der Waals surface area contributed by atoms with E-state index in [0.717, 1.165) is 15.9 Å². The van der Waals surface area contributed by atoms with Gasteiger partial charge in [-0.3, -0.25) is 0 Å². The van der Waals surface area contributed by atoms with Gasteiger partial charge in [0.2, 0.25) is 0 Å². The molecule has 1 fully saturated rings. The van der Waals surface area contributed by atoms with Gasteiger partial charge < -0.3 is 5.32 Å². The number of nitrogens with zero attached hydrogens (tertiary/aromatic N) is 2. The van der Waals surface area contributed by atoms with Gasteiger partial charge >= 0.3 is 0 Å². The van der Waals surface area contributed by atoms with E-state index in [4.69, 9.17) is 0 Å². The summed E-state index contributed by atoms with van der Waals surface area (Å²) in [5.41, 5.74) is 0. The van der Waals surface area contributed by atoms with E-state index in [0.29, 0.717) is 12.2 Å². The lowest BCUT2D eigenvalue weighted by Gasteiger charge is -2.10. The number of hydrogen-bond donors (Lipinski definition) is 1. The number of halogens is 1. The zero-order chi connectivity index (χ0) is 12.5. The van der Waals surface area contributed by atoms with Crippen molar-refractivity contribution in [2.75, 3.05) is 23.4 Å². The Hall–Kier alpha value is -0.440. The average molecular weight is 367 g/mol. The molecule has 0 bridgehead atoms. The van der Waals surface area contributed by atoms with Gasteiger partial charge in [0.25, 0.3) is 0 Å². The highest BCUT2D eigenvalue weighted by molar-refractivity contribution is 14.1. The highest BCUT2D eigenvalue weighted by atomic mass is 127. The zero-order valence-electron chi connectivity index (χ0n) is 9.48. The summed E-state index contributed by atoms with van der Waals surface area (Å²) in [6, 6.07) is 0. The van der Waals surface area contributed by atoms with Crippen LogP contribution >= 0.6 is 22.6 Å². The largest absolute Gasteiger partial charge is 0.369 e. The van der Waals surface area contributed by atoms with Crippen LogP contribution in [0.2, 0.25) is 0 Å². The van der Waals surface area contributed by atoms with Gasteiger partial charge in [-0.05, 0) is 35.9 Å². The van der Waals surface area contributed by atoms with Gasteiger partial charge in [-0.25, -0.2) is 18.4 Å². The Morgan fingerprint density at radius 2 is 2.35 bits per heavy atom. The van der Waals surface area contributed by atoms with Crippen LogP contribution in [0.3, 0.4) is 0 Å². The van der Waals surface area contributed by atoms with E-state index in [9.17, 15) is 8.42 Å². The Bertz CT molecular complexity index is 518. The van der Waals surface area contributed by atoms with Crippen LogP contribution in [-0.4, -0.2) is 36.4 Å². The number of hydrogen-bond acceptors (Lipinski definition) is 5. The molecule has 17 heavy (non-hydrogen) atoms. The van der Waals surface area contributed by atoms with Crippen molar-refractivity contribution in [1.29, 1.82) is 0 Å². The van der Waals surface area contributed by atoms with Crippen molar-refractivity contribution in [3.05, 3.63) is 15.6 Å². The molecule has 0 radical (unpaired) electrons. The van der Waals surface area contributed by atoms with Crippen molar-refractivity contribution in [2.24, 2.45) is 0 Å². The maximum absolute atomic E-state index is 11.4. The van der Waals surface area contributed by atoms with Crippen LogP contribution in [0, 0.1) is 3.57 Å². The van der Waals surface area contributed by atoms with Crippen LogP contribution in [0.5, 0.6) is 0 Å². The van der Waals surface area contributed by atoms with Crippen molar-refractivity contribution in [1.82, 2.24) is 9.97 Å². The van der Waals surface area contributed by atoms with Crippen LogP contribution in [0.15, 0.2) is 6.20 Å². The maximum atomic E-state index is 11.4. The Labute approximate surface area is 114 Å². The Balaban J connectivity index is 2.25. The van der Waals surface area contributed by atoms with E-state index in [1.165, 1.54) is 0 Å². The SMILES string of the molecule is CCNc1nc(C2CCS(=O)(=O)C2)ncc1I. The van der Waals surface area contributed by atoms with Gasteiger partial charge in [-0.15, -0.1) is 0 Å². The molecule has 1 unspecified atom stereocenters. The van der Waals surface area contributed by atoms with E-state index >= 15 is 0 Å². The molecule has 2 rings (SSSR count). The lowest BCUT2D eigenvalue weighted by molar-refractivity contribution is 0.601. The molecule has 1 aromatic heterocycles. The molecule has 1 aromatic rings. The summed E-state index contributed by atoms with van der Waals surface area (Å²) in [4.78, 5) is 8.66. The lowest BCUT2D eigenvalue weighted by atomic mass is 10.1. The molecular formula is C10H14IN3O2S. The van der Waals surface area contributed by atoms with Crippen molar-refractivity contribution < 1.29 is 8.42 Å². The topological polar surface area (TPSA) is 72.0 Å². The molecular weight excluding hydrogens is 353 g/mol. The predicted molar refractivity (Wildman–Crippen MR) is 74.9 cm³/mol. The van der Waals surface area contributed by atoms with E-state index in [2.05, 4.69) is 37.9 Å². The number of rotatable bonds is 3. The van der Waals surface area contributed by atoms with Gasteiger partial charge in [-0.2, -0.15) is 0 Å². The molecule has 0 amide bonds. The number of aromatic nitrogens is 2. The van der Waals surface area contributed by atoms with Gasteiger partial charge in [-0.1, -0.05) is 0 Å². The summed E-state index contributed by atoms with van der Waals surface area (Å²) in [6.45, 7) is 2.79. The third kappa shape index (κ3) is 3.06. The minimum atomic E-state index is -2.88. The first-order chi connectivity index (χ1) is 8.02. The Kier molecular flexibility index (Phi) is 3.86. The molecule has 5 nitrogen and oxygen atoms in total. The molecule has 1 saturated heterocycles. The molecule has 0 spiro atoms. The maximum Gasteiger partial charge on any atom is 0.151 e. The highest BCUT2D eigenvalue weighted by Gasteiger charge is 2.31. The molecule has 0 saturated carbocycles. The summed E-state index contributed by atoms with van der Waals surface area (Å²) < 4.78 is 23.8. The molecule has 0 aliphatic carbocycles. The molecule has 1 atom stereocenters. The smallest absolute Gasteiger partial charge is 0.151 e. The van der Waals surface area contributed by atoms with E-state index in [1.54, 1.807) is 6.20 Å². The van der Waals surface area contributed by atoms with Crippen LogP contribution < -0.4 is 5.32 Å². The van der Waals surface area contributed by atoms with E-state index in [-0.39, 0.29) is 17.4 Å². The first-order valence-electron chi connectivity index (χ1n) is 5.48. The van der Waals surface area contributed by atoms with Crippen LogP contribution in [0.25, 0.3) is 0 Å². The van der Waals surface area contributed by atoms with Crippen LogP contribution in [0.4, 0.5) is 5.82 Å². The molecule has 94 valence electrons. The minimum absolute atomic E-state index is 0.0468. The fraction of sp³-hybridized carbons (Fsp3) is 0.600. The van der Waals surface area contributed by atoms with Gasteiger partial charge in [0.15, 0.2) is 9.84 Å². The highest BCUT2D eigenvalue weighted by Crippen LogP contribution is 2.27. The average Bonchev–Trinajstić information content (AvgIpc) is 2.62. The fourth-order valence-corrected chi connectivity index (χ4v) is 4.06. The fourth-order valence-electron chi connectivity index (χ4n) is 1.87. The standard InChI is InChI=1S/C10H14IN3O2S/c1-2-12-10-8(11)5-13-9(14-10)7-3-4-17(15,16)6-7/h5,7H,2-4,6H2,1H3,(H,12,13,14). The minimum Gasteiger partial charge on any atom is -0.369 e. The molecule has 2 heterocycles. The number of nitrogens with one attached hydrogen (secondary N) is 1. The second-order valence-electron chi connectivity index (χ2n) is 4.06. The molecule has 0 aromatic carbocycles. The van der Waals surface area contributed by atoms with E-state index < -0.39 is 9.84 Å². The van der Waals surface area contributed by atoms with Crippen molar-refractivity contribution >= 4 is 38.2 Å². The monoisotopic (exact) mass is 367 g/mol. The predicted octanol–water partition coefficient (Wildman–Crippen LogP) is 1.42. The lowest BCUT2D eigenvalue weighted by Crippen LogP contribution is -2.10. The van der Waals surface area contributed by atoms with Gasteiger partial charge in [0.05, 0.1) is 15.1 Å². The summed E-state index contributed by atoms with van der Waals surface area (Å²) in [7, 11) is -2.88. The summed E-state index contributed by atoms with van der Waals surface area (Å²) in [5, 5.41) is 3.15. The second-order valence-corrected chi connectivity index (χ2v) is 7.45. The third-order valence-electron chi connectivity index (χ3n) is 2.70. The summed E-state index contributed by atoms with van der Waals surface area (Å²) >= 11 is 2.16. The first kappa shape index (κ1) is 13.0. The molecule has 7 heteroatoms. The zero-order valence-corrected chi connectivity index (χ0v) is 12.5.